The minimum Gasteiger partial charge on any atom is -0.486 e. The van der Waals surface area contributed by atoms with E-state index in [4.69, 9.17) is 26.8 Å². The maximum absolute atomic E-state index is 6.27. The second kappa shape index (κ2) is 6.12. The Morgan fingerprint density at radius 1 is 1.47 bits per heavy atom. The Balaban J connectivity index is 2.02. The molecule has 1 atom stereocenters. The van der Waals surface area contributed by atoms with E-state index >= 15 is 0 Å². The molecule has 0 aliphatic carbocycles. The molecule has 2 N–H and O–H groups in total. The third-order valence-corrected chi connectivity index (χ3v) is 3.36. The number of hydrogen-bond donors (Lipinski definition) is 1. The summed E-state index contributed by atoms with van der Waals surface area (Å²) in [6, 6.07) is 5.90. The van der Waals surface area contributed by atoms with Crippen molar-refractivity contribution in [3.8, 4) is 5.75 Å². The van der Waals surface area contributed by atoms with Crippen molar-refractivity contribution < 1.29 is 9.47 Å². The lowest BCUT2D eigenvalue weighted by Crippen LogP contribution is -2.34. The third kappa shape index (κ3) is 4.68. The molecule has 1 saturated heterocycles. The minimum atomic E-state index is -0.233. The molecule has 0 saturated carbocycles. The van der Waals surface area contributed by atoms with E-state index < -0.39 is 0 Å². The highest BCUT2D eigenvalue weighted by atomic mass is 35.5. The monoisotopic (exact) mass is 283 g/mol. The van der Waals surface area contributed by atoms with Crippen molar-refractivity contribution in [3.05, 3.63) is 28.8 Å². The van der Waals surface area contributed by atoms with Crippen molar-refractivity contribution in [1.82, 2.24) is 0 Å². The highest BCUT2D eigenvalue weighted by Crippen LogP contribution is 2.28. The van der Waals surface area contributed by atoms with Crippen LogP contribution < -0.4 is 10.5 Å². The summed E-state index contributed by atoms with van der Waals surface area (Å²) >= 11 is 6.27. The van der Waals surface area contributed by atoms with Gasteiger partial charge in [0.15, 0.2) is 0 Å². The van der Waals surface area contributed by atoms with E-state index in [1.165, 1.54) is 0 Å². The van der Waals surface area contributed by atoms with Gasteiger partial charge in [-0.15, -0.1) is 0 Å². The van der Waals surface area contributed by atoms with E-state index in [-0.39, 0.29) is 11.6 Å². The summed E-state index contributed by atoms with van der Waals surface area (Å²) in [5.74, 6) is 0.732. The van der Waals surface area contributed by atoms with E-state index in [1.807, 2.05) is 32.0 Å². The highest BCUT2D eigenvalue weighted by Gasteiger charge is 2.18. The van der Waals surface area contributed by atoms with Crippen LogP contribution in [-0.2, 0) is 11.2 Å². The van der Waals surface area contributed by atoms with Crippen LogP contribution in [0.25, 0.3) is 0 Å². The number of nitrogens with two attached hydrogens (primary N) is 1. The maximum atomic E-state index is 6.27. The second-order valence-corrected chi connectivity index (χ2v) is 6.29. The van der Waals surface area contributed by atoms with Gasteiger partial charge in [0.25, 0.3) is 0 Å². The van der Waals surface area contributed by atoms with Crippen LogP contribution in [0.2, 0.25) is 5.02 Å². The van der Waals surface area contributed by atoms with Gasteiger partial charge >= 0.3 is 0 Å². The molecule has 0 radical (unpaired) electrons. The lowest BCUT2D eigenvalue weighted by atomic mass is 9.96. The first-order valence-corrected chi connectivity index (χ1v) is 7.13. The van der Waals surface area contributed by atoms with Gasteiger partial charge in [0.2, 0.25) is 0 Å². The first kappa shape index (κ1) is 14.6. The molecular formula is C15H22ClNO2. The molecule has 0 spiro atoms. The first-order valence-electron chi connectivity index (χ1n) is 6.76. The van der Waals surface area contributed by atoms with Crippen molar-refractivity contribution in [2.45, 2.75) is 44.8 Å². The van der Waals surface area contributed by atoms with Crippen LogP contribution in [0, 0.1) is 0 Å². The zero-order valence-electron chi connectivity index (χ0n) is 11.6. The molecule has 1 aliphatic rings. The predicted molar refractivity (Wildman–Crippen MR) is 77.9 cm³/mol. The summed E-state index contributed by atoms with van der Waals surface area (Å²) in [5.41, 5.74) is 6.91. The van der Waals surface area contributed by atoms with Crippen LogP contribution in [0.1, 0.15) is 32.3 Å². The van der Waals surface area contributed by atoms with Gasteiger partial charge in [-0.3, -0.25) is 0 Å². The first-order chi connectivity index (χ1) is 8.94. The Morgan fingerprint density at radius 3 is 2.84 bits per heavy atom. The fraction of sp³-hybridized carbons (Fsp3) is 0.600. The standard InChI is InChI=1S/C15H22ClNO2/c1-15(2,17)9-11-5-6-14(13(16)8-11)19-12-4-3-7-18-10-12/h5-6,8,12H,3-4,7,9-10,17H2,1-2H3. The fourth-order valence-electron chi connectivity index (χ4n) is 2.26. The van der Waals surface area contributed by atoms with Crippen molar-refractivity contribution >= 4 is 11.6 Å². The average Bonchev–Trinajstić information content (AvgIpc) is 2.32. The number of halogens is 1. The van der Waals surface area contributed by atoms with Gasteiger partial charge in [-0.1, -0.05) is 17.7 Å². The third-order valence-electron chi connectivity index (χ3n) is 3.07. The van der Waals surface area contributed by atoms with Gasteiger partial charge in [0, 0.05) is 12.1 Å². The van der Waals surface area contributed by atoms with E-state index in [0.29, 0.717) is 11.6 Å². The van der Waals surface area contributed by atoms with Crippen LogP contribution in [0.3, 0.4) is 0 Å². The molecule has 1 aliphatic heterocycles. The second-order valence-electron chi connectivity index (χ2n) is 5.89. The summed E-state index contributed by atoms with van der Waals surface area (Å²) in [6.45, 7) is 5.49. The van der Waals surface area contributed by atoms with E-state index in [0.717, 1.165) is 37.2 Å². The van der Waals surface area contributed by atoms with Gasteiger partial charge in [-0.2, -0.15) is 0 Å². The molecule has 1 aromatic carbocycles. The van der Waals surface area contributed by atoms with E-state index in [9.17, 15) is 0 Å². The molecule has 1 unspecified atom stereocenters. The summed E-state index contributed by atoms with van der Waals surface area (Å²) in [7, 11) is 0. The summed E-state index contributed by atoms with van der Waals surface area (Å²) in [6.07, 6.45) is 2.97. The molecule has 1 fully saturated rings. The normalized spacial score (nSPS) is 20.3. The van der Waals surface area contributed by atoms with Crippen molar-refractivity contribution in [3.63, 3.8) is 0 Å². The number of ether oxygens (including phenoxy) is 2. The zero-order valence-corrected chi connectivity index (χ0v) is 12.4. The van der Waals surface area contributed by atoms with Gasteiger partial charge in [-0.05, 0) is 50.8 Å². The number of rotatable bonds is 4. The van der Waals surface area contributed by atoms with Gasteiger partial charge < -0.3 is 15.2 Å². The summed E-state index contributed by atoms with van der Waals surface area (Å²) in [4.78, 5) is 0. The predicted octanol–water partition coefficient (Wildman–Crippen LogP) is 3.18. The van der Waals surface area contributed by atoms with Crippen molar-refractivity contribution in [2.24, 2.45) is 5.73 Å². The molecule has 2 rings (SSSR count). The Hall–Kier alpha value is -0.770. The van der Waals surface area contributed by atoms with Crippen LogP contribution in [0.4, 0.5) is 0 Å². The van der Waals surface area contributed by atoms with Gasteiger partial charge in [0.05, 0.1) is 11.6 Å². The van der Waals surface area contributed by atoms with Crippen LogP contribution in [-0.4, -0.2) is 24.9 Å². The van der Waals surface area contributed by atoms with Crippen molar-refractivity contribution in [2.75, 3.05) is 13.2 Å². The fourth-order valence-corrected chi connectivity index (χ4v) is 2.51. The molecule has 1 aromatic rings. The average molecular weight is 284 g/mol. The number of hydrogen-bond acceptors (Lipinski definition) is 3. The topological polar surface area (TPSA) is 44.5 Å². The quantitative estimate of drug-likeness (QED) is 0.923. The molecule has 3 nitrogen and oxygen atoms in total. The smallest absolute Gasteiger partial charge is 0.138 e. The van der Waals surface area contributed by atoms with Gasteiger partial charge in [-0.25, -0.2) is 0 Å². The molecule has 1 heterocycles. The van der Waals surface area contributed by atoms with E-state index in [1.54, 1.807) is 0 Å². The van der Waals surface area contributed by atoms with E-state index in [2.05, 4.69) is 0 Å². The summed E-state index contributed by atoms with van der Waals surface area (Å²) in [5, 5.41) is 0.646. The molecule has 0 aromatic heterocycles. The largest absolute Gasteiger partial charge is 0.486 e. The lowest BCUT2D eigenvalue weighted by molar-refractivity contribution is 0.00747. The number of benzene rings is 1. The Bertz CT molecular complexity index is 423. The molecule has 0 bridgehead atoms. The van der Waals surface area contributed by atoms with Crippen LogP contribution in [0.15, 0.2) is 18.2 Å². The zero-order chi connectivity index (χ0) is 13.9. The van der Waals surface area contributed by atoms with Gasteiger partial charge in [0.1, 0.15) is 11.9 Å². The summed E-state index contributed by atoms with van der Waals surface area (Å²) < 4.78 is 11.3. The molecule has 106 valence electrons. The molecule has 19 heavy (non-hydrogen) atoms. The minimum absolute atomic E-state index is 0.114. The molecule has 4 heteroatoms. The van der Waals surface area contributed by atoms with Crippen molar-refractivity contribution in [1.29, 1.82) is 0 Å². The van der Waals surface area contributed by atoms with Crippen LogP contribution >= 0.6 is 11.6 Å². The molecular weight excluding hydrogens is 262 g/mol. The van der Waals surface area contributed by atoms with Crippen LogP contribution in [0.5, 0.6) is 5.75 Å². The SMILES string of the molecule is CC(C)(N)Cc1ccc(OC2CCCOC2)c(Cl)c1. The molecule has 0 amide bonds. The Morgan fingerprint density at radius 2 is 2.26 bits per heavy atom. The Labute approximate surface area is 120 Å². The Kier molecular flexibility index (Phi) is 4.71. The highest BCUT2D eigenvalue weighted by molar-refractivity contribution is 6.32. The lowest BCUT2D eigenvalue weighted by Gasteiger charge is -2.24. The maximum Gasteiger partial charge on any atom is 0.138 e.